The van der Waals surface area contributed by atoms with Gasteiger partial charge in [0.25, 0.3) is 0 Å². The van der Waals surface area contributed by atoms with Gasteiger partial charge in [0.15, 0.2) is 9.84 Å². The lowest BCUT2D eigenvalue weighted by atomic mass is 9.94. The number of benzene rings is 1. The summed E-state index contributed by atoms with van der Waals surface area (Å²) in [5.74, 6) is -1.99. The minimum Gasteiger partial charge on any atom is -0.310 e. The lowest BCUT2D eigenvalue weighted by Crippen LogP contribution is -2.38. The third kappa shape index (κ3) is 2.51. The zero-order valence-corrected chi connectivity index (χ0v) is 11.7. The van der Waals surface area contributed by atoms with Gasteiger partial charge < -0.3 is 5.32 Å². The van der Waals surface area contributed by atoms with Crippen LogP contribution in [0.5, 0.6) is 0 Å². The lowest BCUT2D eigenvalue weighted by molar-refractivity contribution is 0.373. The summed E-state index contributed by atoms with van der Waals surface area (Å²) in [5.41, 5.74) is -0.0489. The fraction of sp³-hybridized carbons (Fsp3) is 0.538. The van der Waals surface area contributed by atoms with Gasteiger partial charge >= 0.3 is 0 Å². The number of halogens is 2. The average Bonchev–Trinajstić information content (AvgIpc) is 2.31. The Morgan fingerprint density at radius 2 is 1.95 bits per heavy atom. The van der Waals surface area contributed by atoms with Crippen molar-refractivity contribution in [1.82, 2.24) is 5.32 Å². The number of rotatable bonds is 3. The van der Waals surface area contributed by atoms with Crippen molar-refractivity contribution in [1.29, 1.82) is 0 Å². The molecule has 2 rings (SSSR count). The molecule has 1 aliphatic heterocycles. The summed E-state index contributed by atoms with van der Waals surface area (Å²) in [5, 5.41) is 3.11. The highest BCUT2D eigenvalue weighted by Crippen LogP contribution is 2.38. The first-order valence-corrected chi connectivity index (χ1v) is 7.97. The maximum absolute atomic E-state index is 14.0. The van der Waals surface area contributed by atoms with Crippen molar-refractivity contribution in [3.05, 3.63) is 29.3 Å². The van der Waals surface area contributed by atoms with Crippen LogP contribution in [0.4, 0.5) is 8.78 Å². The van der Waals surface area contributed by atoms with E-state index in [9.17, 15) is 17.2 Å². The van der Waals surface area contributed by atoms with E-state index in [0.717, 1.165) is 18.6 Å². The molecule has 1 aromatic carbocycles. The van der Waals surface area contributed by atoms with Crippen LogP contribution in [0.25, 0.3) is 0 Å². The Morgan fingerprint density at radius 3 is 2.58 bits per heavy atom. The highest BCUT2D eigenvalue weighted by atomic mass is 32.2. The molecule has 19 heavy (non-hydrogen) atoms. The molecule has 0 bridgehead atoms. The maximum Gasteiger partial charge on any atom is 0.182 e. The minimum absolute atomic E-state index is 0.0489. The Balaban J connectivity index is 2.62. The summed E-state index contributed by atoms with van der Waals surface area (Å²) < 4.78 is 51.9. The molecule has 0 saturated heterocycles. The molecule has 0 saturated carbocycles. The van der Waals surface area contributed by atoms with Crippen molar-refractivity contribution >= 4 is 9.84 Å². The Bertz CT molecular complexity index is 587. The second kappa shape index (κ2) is 5.17. The summed E-state index contributed by atoms with van der Waals surface area (Å²) in [6, 6.07) is 1.40. The van der Waals surface area contributed by atoms with Gasteiger partial charge in [-0.25, -0.2) is 17.2 Å². The molecule has 2 atom stereocenters. The Kier molecular flexibility index (Phi) is 3.92. The van der Waals surface area contributed by atoms with Crippen LogP contribution >= 0.6 is 0 Å². The van der Waals surface area contributed by atoms with Crippen molar-refractivity contribution in [3.8, 4) is 0 Å². The fourth-order valence-electron chi connectivity index (χ4n) is 2.57. The summed E-state index contributed by atoms with van der Waals surface area (Å²) >= 11 is 0. The van der Waals surface area contributed by atoms with Crippen LogP contribution < -0.4 is 5.32 Å². The second-order valence-corrected chi connectivity index (χ2v) is 6.93. The van der Waals surface area contributed by atoms with E-state index in [1.165, 1.54) is 0 Å². The van der Waals surface area contributed by atoms with Gasteiger partial charge in [-0.3, -0.25) is 0 Å². The molecule has 0 radical (unpaired) electrons. The second-order valence-electron chi connectivity index (χ2n) is 4.96. The van der Waals surface area contributed by atoms with E-state index < -0.39 is 32.4 Å². The van der Waals surface area contributed by atoms with Gasteiger partial charge in [-0.05, 0) is 31.0 Å². The molecule has 0 aliphatic carbocycles. The van der Waals surface area contributed by atoms with Crippen LogP contribution in [0.15, 0.2) is 17.0 Å². The largest absolute Gasteiger partial charge is 0.310 e. The van der Waals surface area contributed by atoms with Gasteiger partial charge in [0.1, 0.15) is 16.5 Å². The van der Waals surface area contributed by atoms with Crippen molar-refractivity contribution < 1.29 is 17.2 Å². The zero-order chi connectivity index (χ0) is 14.2. The third-order valence-electron chi connectivity index (χ3n) is 3.38. The van der Waals surface area contributed by atoms with E-state index in [-0.39, 0.29) is 17.2 Å². The summed E-state index contributed by atoms with van der Waals surface area (Å²) in [7, 11) is -3.76. The smallest absolute Gasteiger partial charge is 0.182 e. The molecule has 1 aliphatic rings. The maximum atomic E-state index is 14.0. The quantitative estimate of drug-likeness (QED) is 0.929. The van der Waals surface area contributed by atoms with E-state index in [1.807, 2.05) is 6.92 Å². The molecular formula is C13H17F2NO2S. The molecule has 0 aromatic heterocycles. The molecule has 0 fully saturated rings. The van der Waals surface area contributed by atoms with E-state index in [4.69, 9.17) is 0 Å². The molecular weight excluding hydrogens is 272 g/mol. The van der Waals surface area contributed by atoms with Crippen LogP contribution in [0, 0.1) is 17.6 Å². The highest BCUT2D eigenvalue weighted by Gasteiger charge is 2.39. The number of hydrogen-bond acceptors (Lipinski definition) is 3. The molecule has 0 amide bonds. The van der Waals surface area contributed by atoms with E-state index in [2.05, 4.69) is 5.32 Å². The first-order chi connectivity index (χ1) is 8.88. The molecule has 1 aromatic rings. The lowest BCUT2D eigenvalue weighted by Gasteiger charge is -2.32. The van der Waals surface area contributed by atoms with Gasteiger partial charge in [0.05, 0.1) is 5.75 Å². The van der Waals surface area contributed by atoms with Gasteiger partial charge in [-0.2, -0.15) is 0 Å². The molecule has 3 nitrogen and oxygen atoms in total. The van der Waals surface area contributed by atoms with Crippen molar-refractivity contribution in [2.75, 3.05) is 12.3 Å². The van der Waals surface area contributed by atoms with E-state index >= 15 is 0 Å². The van der Waals surface area contributed by atoms with E-state index in [1.54, 1.807) is 6.92 Å². The van der Waals surface area contributed by atoms with Crippen LogP contribution in [0.1, 0.15) is 31.9 Å². The zero-order valence-electron chi connectivity index (χ0n) is 10.9. The van der Waals surface area contributed by atoms with Crippen molar-refractivity contribution in [3.63, 3.8) is 0 Å². The standard InChI is InChI=1S/C13H17F2NO2S/c1-3-6-16-12-8(2)7-19(17,18)13-10(15)5-4-9(14)11(12)13/h4-5,8,12,16H,3,6-7H2,1-2H3. The molecule has 6 heteroatoms. The number of nitrogens with one attached hydrogen (secondary N) is 1. The normalized spacial score (nSPS) is 25.1. The van der Waals surface area contributed by atoms with E-state index in [0.29, 0.717) is 6.54 Å². The number of sulfone groups is 1. The van der Waals surface area contributed by atoms with Crippen LogP contribution in [-0.4, -0.2) is 20.7 Å². The van der Waals surface area contributed by atoms with Crippen LogP contribution in [0.2, 0.25) is 0 Å². The van der Waals surface area contributed by atoms with Gasteiger partial charge in [-0.1, -0.05) is 13.8 Å². The predicted octanol–water partition coefficient (Wildman–Crippen LogP) is 2.43. The summed E-state index contributed by atoms with van der Waals surface area (Å²) in [6.45, 7) is 4.32. The summed E-state index contributed by atoms with van der Waals surface area (Å²) in [6.07, 6.45) is 0.836. The first-order valence-electron chi connectivity index (χ1n) is 6.32. The Morgan fingerprint density at radius 1 is 1.32 bits per heavy atom. The summed E-state index contributed by atoms with van der Waals surface area (Å²) in [4.78, 5) is -0.473. The molecule has 1 N–H and O–H groups in total. The average molecular weight is 289 g/mol. The molecule has 0 spiro atoms. The van der Waals surface area contributed by atoms with Crippen LogP contribution in [0.3, 0.4) is 0 Å². The van der Waals surface area contributed by atoms with Crippen molar-refractivity contribution in [2.45, 2.75) is 31.2 Å². The monoisotopic (exact) mass is 289 g/mol. The fourth-order valence-corrected chi connectivity index (χ4v) is 4.54. The first kappa shape index (κ1) is 14.4. The molecule has 106 valence electrons. The Labute approximate surface area is 111 Å². The highest BCUT2D eigenvalue weighted by molar-refractivity contribution is 7.91. The SMILES string of the molecule is CCCNC1c2c(F)ccc(F)c2S(=O)(=O)CC1C. The number of hydrogen-bond donors (Lipinski definition) is 1. The molecule has 2 unspecified atom stereocenters. The topological polar surface area (TPSA) is 46.2 Å². The number of fused-ring (bicyclic) bond motifs is 1. The minimum atomic E-state index is -3.76. The van der Waals surface area contributed by atoms with Gasteiger partial charge in [-0.15, -0.1) is 0 Å². The predicted molar refractivity (Wildman–Crippen MR) is 68.6 cm³/mol. The van der Waals surface area contributed by atoms with Crippen LogP contribution in [-0.2, 0) is 9.84 Å². The Hall–Kier alpha value is -1.01. The third-order valence-corrected chi connectivity index (χ3v) is 5.38. The van der Waals surface area contributed by atoms with Gasteiger partial charge in [0.2, 0.25) is 0 Å². The van der Waals surface area contributed by atoms with Crippen molar-refractivity contribution in [2.24, 2.45) is 5.92 Å². The molecule has 1 heterocycles. The van der Waals surface area contributed by atoms with Gasteiger partial charge in [0, 0.05) is 11.6 Å².